The molecular formula is C81H57N9O2P2. The lowest BCUT2D eigenvalue weighted by Crippen LogP contribution is -2.29. The summed E-state index contributed by atoms with van der Waals surface area (Å²) in [7, 11) is -7.19. The van der Waals surface area contributed by atoms with Crippen LogP contribution in [0.1, 0.15) is 0 Å². The Kier molecular flexibility index (Phi) is 13.8. The molecule has 2 aliphatic rings. The number of benzene rings is 13. The largest absolute Gasteiger partial charge is 0.307 e. The summed E-state index contributed by atoms with van der Waals surface area (Å²) < 4.78 is 44.8. The molecule has 0 aliphatic carbocycles. The molecule has 0 unspecified atom stereocenters. The van der Waals surface area contributed by atoms with Crippen LogP contribution in [-0.2, 0) is 9.13 Å². The third kappa shape index (κ3) is 9.08. The van der Waals surface area contributed by atoms with Gasteiger partial charge in [0.15, 0.2) is 11.6 Å². The Balaban J connectivity index is 0.000000144. The Morgan fingerprint density at radius 1 is 0.234 bits per heavy atom. The second kappa shape index (κ2) is 23.1. The van der Waals surface area contributed by atoms with Crippen molar-refractivity contribution >= 4 is 115 Å². The zero-order valence-corrected chi connectivity index (χ0v) is 52.4. The number of fused-ring (bicyclic) bond motifs is 9. The molecule has 0 radical (unpaired) electrons. The summed E-state index contributed by atoms with van der Waals surface area (Å²) in [5.74, 6) is 1.86. The summed E-state index contributed by atoms with van der Waals surface area (Å²) in [6, 6.07) is 116. The first-order valence-corrected chi connectivity index (χ1v) is 34.5. The first-order valence-electron chi connectivity index (χ1n) is 31.3. The molecule has 3 aromatic heterocycles. The molecule has 448 valence electrons. The SMILES string of the molecule is O=P1(c2ccc(P3(=O)N(c4ccccc4)c4ccccc4N3c3ccccc3)cc2)N(c2ccccc2)c2ccccc2N1c1ccccc1.c1ccc(-c2nc(-c3ccccc3)nc(-n3c4ccccc4c4ccc5c6ccccc6n(-c6ccccc6)c5c43)n2)cc1. The Morgan fingerprint density at radius 2 is 0.511 bits per heavy atom. The molecule has 0 N–H and O–H groups in total. The van der Waals surface area contributed by atoms with Gasteiger partial charge < -0.3 is 4.57 Å². The second-order valence-electron chi connectivity index (χ2n) is 23.1. The molecule has 0 saturated carbocycles. The zero-order chi connectivity index (χ0) is 62.7. The van der Waals surface area contributed by atoms with Crippen LogP contribution in [0.3, 0.4) is 0 Å². The molecule has 13 heteroatoms. The smallest absolute Gasteiger partial charge is 0.301 e. The number of hydrogen-bond acceptors (Lipinski definition) is 5. The van der Waals surface area contributed by atoms with Crippen molar-refractivity contribution in [3.05, 3.63) is 346 Å². The van der Waals surface area contributed by atoms with Crippen LogP contribution < -0.4 is 29.3 Å². The van der Waals surface area contributed by atoms with Gasteiger partial charge in [0.1, 0.15) is 0 Å². The molecule has 13 aromatic carbocycles. The van der Waals surface area contributed by atoms with Gasteiger partial charge in [0.05, 0.1) is 55.4 Å². The molecule has 0 saturated heterocycles. The normalized spacial score (nSPS) is 13.7. The fraction of sp³-hybridized carbons (Fsp3) is 0. The van der Waals surface area contributed by atoms with Crippen molar-refractivity contribution in [3.8, 4) is 34.4 Å². The Morgan fingerprint density at radius 3 is 0.862 bits per heavy atom. The standard InChI is InChI=1S/C42H32N4O2P2.C39H25N5/c47-49(43(33-17-5-1-6-18-33)39-25-13-14-26-40(39)44(49)34-19-7-2-8-20-34)37-29-31-38(32-30-37)50(48)45(35-21-9-3-10-22-35)41-27-15-16-28-42(41)46(50)36-23-11-4-12-24-36;1-4-14-26(15-5-1)37-40-38(27-16-6-2-7-17-27)42-39(41-37)44-34-23-13-11-21-30(34)32-25-24-31-29-20-10-12-22-33(29)43(35(31)36(32)44)28-18-8-3-9-19-28/h1-32H;1-25H. The molecule has 2 aliphatic heterocycles. The minimum absolute atomic E-state index is 0.585. The maximum atomic E-state index is 16.2. The lowest BCUT2D eigenvalue weighted by atomic mass is 10.1. The fourth-order valence-corrected chi connectivity index (χ4v) is 19.6. The maximum absolute atomic E-state index is 16.2. The van der Waals surface area contributed by atoms with E-state index in [1.165, 1.54) is 10.8 Å². The number of rotatable bonds is 10. The first-order chi connectivity index (χ1) is 46.4. The molecular weight excluding hydrogens is 1190 g/mol. The highest BCUT2D eigenvalue weighted by molar-refractivity contribution is 7.76. The van der Waals surface area contributed by atoms with Crippen molar-refractivity contribution in [2.24, 2.45) is 0 Å². The van der Waals surface area contributed by atoms with E-state index in [1.807, 2.05) is 273 Å². The van der Waals surface area contributed by atoms with Crippen LogP contribution in [0.25, 0.3) is 78.0 Å². The summed E-state index contributed by atoms with van der Waals surface area (Å²) in [6.45, 7) is 0. The maximum Gasteiger partial charge on any atom is 0.301 e. The van der Waals surface area contributed by atoms with Crippen LogP contribution in [-0.4, -0.2) is 24.1 Å². The van der Waals surface area contributed by atoms with Crippen LogP contribution in [0.2, 0.25) is 0 Å². The van der Waals surface area contributed by atoms with Crippen molar-refractivity contribution in [1.82, 2.24) is 24.1 Å². The Labute approximate surface area is 543 Å². The lowest BCUT2D eigenvalue weighted by Gasteiger charge is -2.35. The van der Waals surface area contributed by atoms with Crippen LogP contribution in [0, 0.1) is 0 Å². The fourth-order valence-electron chi connectivity index (χ4n) is 13.6. The topological polar surface area (TPSA) is 95.6 Å². The number of aromatic nitrogens is 5. The van der Waals surface area contributed by atoms with Crippen molar-refractivity contribution in [1.29, 1.82) is 0 Å². The van der Waals surface area contributed by atoms with Crippen LogP contribution in [0.15, 0.2) is 346 Å². The van der Waals surface area contributed by atoms with Gasteiger partial charge >= 0.3 is 14.9 Å². The predicted octanol–water partition coefficient (Wildman–Crippen LogP) is 20.7. The lowest BCUT2D eigenvalue weighted by molar-refractivity contribution is 0.581. The van der Waals surface area contributed by atoms with Crippen LogP contribution in [0.4, 0.5) is 45.5 Å². The van der Waals surface area contributed by atoms with Gasteiger partial charge in [-0.3, -0.25) is 32.4 Å². The summed E-state index contributed by atoms with van der Waals surface area (Å²) in [5, 5.41) is 5.95. The molecule has 0 amide bonds. The highest BCUT2D eigenvalue weighted by atomic mass is 31.2. The van der Waals surface area contributed by atoms with Gasteiger partial charge in [-0.25, -0.2) is 4.98 Å². The Hall–Kier alpha value is -11.9. The van der Waals surface area contributed by atoms with Crippen LogP contribution >= 0.6 is 14.9 Å². The van der Waals surface area contributed by atoms with Crippen molar-refractivity contribution in [2.45, 2.75) is 0 Å². The third-order valence-electron chi connectivity index (χ3n) is 17.7. The van der Waals surface area contributed by atoms with E-state index in [4.69, 9.17) is 15.0 Å². The molecule has 0 fully saturated rings. The minimum atomic E-state index is -3.60. The van der Waals surface area contributed by atoms with E-state index in [0.717, 1.165) is 95.2 Å². The van der Waals surface area contributed by atoms with Gasteiger partial charge in [-0.1, -0.05) is 224 Å². The molecule has 0 bridgehead atoms. The second-order valence-corrected chi connectivity index (χ2v) is 27.9. The minimum Gasteiger partial charge on any atom is -0.307 e. The summed E-state index contributed by atoms with van der Waals surface area (Å²) in [5.41, 5.74) is 14.1. The first kappa shape index (κ1) is 56.1. The molecule has 0 spiro atoms. The third-order valence-corrected chi connectivity index (χ3v) is 23.6. The van der Waals surface area contributed by atoms with Gasteiger partial charge in [0.25, 0.3) is 0 Å². The van der Waals surface area contributed by atoms with E-state index < -0.39 is 14.9 Å². The predicted molar refractivity (Wildman–Crippen MR) is 388 cm³/mol. The summed E-state index contributed by atoms with van der Waals surface area (Å²) in [4.78, 5) is 15.3. The highest BCUT2D eigenvalue weighted by Gasteiger charge is 2.51. The molecule has 94 heavy (non-hydrogen) atoms. The highest BCUT2D eigenvalue weighted by Crippen LogP contribution is 2.72. The molecule has 5 heterocycles. The Bertz CT molecular complexity index is 5220. The van der Waals surface area contributed by atoms with E-state index in [2.05, 4.69) is 100 Å². The number of hydrogen-bond donors (Lipinski definition) is 0. The van der Waals surface area contributed by atoms with E-state index in [-0.39, 0.29) is 0 Å². The van der Waals surface area contributed by atoms with Gasteiger partial charge in [0.2, 0.25) is 5.95 Å². The van der Waals surface area contributed by atoms with Crippen molar-refractivity contribution < 1.29 is 9.13 Å². The van der Waals surface area contributed by atoms with Gasteiger partial charge in [-0.2, -0.15) is 9.97 Å². The van der Waals surface area contributed by atoms with Crippen LogP contribution in [0.5, 0.6) is 0 Å². The van der Waals surface area contributed by atoms with E-state index in [9.17, 15) is 0 Å². The monoisotopic (exact) mass is 1250 g/mol. The molecule has 18 rings (SSSR count). The quantitative estimate of drug-likeness (QED) is 0.124. The van der Waals surface area contributed by atoms with E-state index >= 15 is 9.13 Å². The van der Waals surface area contributed by atoms with Crippen molar-refractivity contribution in [2.75, 3.05) is 18.7 Å². The van der Waals surface area contributed by atoms with E-state index in [0.29, 0.717) is 28.2 Å². The number of anilines is 8. The van der Waals surface area contributed by atoms with Gasteiger partial charge in [0, 0.05) is 61.1 Å². The number of nitrogens with zero attached hydrogens (tertiary/aromatic N) is 9. The molecule has 0 atom stereocenters. The summed E-state index contributed by atoms with van der Waals surface area (Å²) in [6.07, 6.45) is 0. The average Bonchev–Trinajstić information content (AvgIpc) is 1.55. The van der Waals surface area contributed by atoms with E-state index in [1.54, 1.807) is 0 Å². The van der Waals surface area contributed by atoms with Crippen molar-refractivity contribution in [3.63, 3.8) is 0 Å². The van der Waals surface area contributed by atoms with Gasteiger partial charge in [-0.15, -0.1) is 0 Å². The summed E-state index contributed by atoms with van der Waals surface area (Å²) >= 11 is 0. The van der Waals surface area contributed by atoms with Gasteiger partial charge in [-0.05, 0) is 121 Å². The average molecular weight is 1250 g/mol. The molecule has 11 nitrogen and oxygen atoms in total. The molecule has 16 aromatic rings. The number of para-hydroxylation sites is 11. The zero-order valence-electron chi connectivity index (χ0n) is 50.6.